The van der Waals surface area contributed by atoms with Gasteiger partial charge in [-0.2, -0.15) is 0 Å². The van der Waals surface area contributed by atoms with Gasteiger partial charge in [-0.3, -0.25) is 0 Å². The van der Waals surface area contributed by atoms with E-state index in [0.717, 1.165) is 17.7 Å². The Balaban J connectivity index is 2.01. The van der Waals surface area contributed by atoms with Crippen LogP contribution in [0.4, 0.5) is 0 Å². The lowest BCUT2D eigenvalue weighted by atomic mass is 10.1. The van der Waals surface area contributed by atoms with Crippen LogP contribution in [0.1, 0.15) is 37.1 Å². The minimum atomic E-state index is -3.39. The summed E-state index contributed by atoms with van der Waals surface area (Å²) in [6, 6.07) is 6.96. The van der Waals surface area contributed by atoms with E-state index in [9.17, 15) is 8.42 Å². The van der Waals surface area contributed by atoms with E-state index >= 15 is 0 Å². The predicted molar refractivity (Wildman–Crippen MR) is 88.5 cm³/mol. The van der Waals surface area contributed by atoms with E-state index in [1.54, 1.807) is 18.3 Å². The lowest BCUT2D eigenvalue weighted by molar-refractivity contribution is 0.424. The van der Waals surface area contributed by atoms with E-state index in [0.29, 0.717) is 17.3 Å². The molecule has 0 fully saturated rings. The van der Waals surface area contributed by atoms with Gasteiger partial charge in [0, 0.05) is 26.6 Å². The average Bonchev–Trinajstić information content (AvgIpc) is 3.00. The number of hydrogen-bond donors (Lipinski definition) is 1. The third kappa shape index (κ3) is 4.19. The molecule has 2 rings (SSSR count). The van der Waals surface area contributed by atoms with Gasteiger partial charge in [0.1, 0.15) is 5.76 Å². The van der Waals surface area contributed by atoms with Gasteiger partial charge in [-0.1, -0.05) is 19.1 Å². The first-order chi connectivity index (χ1) is 10.8. The fourth-order valence-electron chi connectivity index (χ4n) is 2.09. The Morgan fingerprint density at radius 1 is 1.26 bits per heavy atom. The van der Waals surface area contributed by atoms with Crippen LogP contribution in [0.2, 0.25) is 0 Å². The van der Waals surface area contributed by atoms with Crippen LogP contribution in [0.25, 0.3) is 0 Å². The molecule has 1 aromatic carbocycles. The zero-order valence-corrected chi connectivity index (χ0v) is 14.7. The smallest absolute Gasteiger partial charge is 0.242 e. The zero-order valence-electron chi connectivity index (χ0n) is 13.9. The Hall–Kier alpha value is -1.70. The number of aryl methyl sites for hydroxylation is 1. The molecule has 0 aliphatic heterocycles. The van der Waals surface area contributed by atoms with Gasteiger partial charge < -0.3 is 9.73 Å². The largest absolute Gasteiger partial charge is 0.444 e. The van der Waals surface area contributed by atoms with Crippen molar-refractivity contribution in [2.24, 2.45) is 0 Å². The fourth-order valence-corrected chi connectivity index (χ4v) is 2.99. The molecule has 0 radical (unpaired) electrons. The summed E-state index contributed by atoms with van der Waals surface area (Å²) in [7, 11) is -0.343. The summed E-state index contributed by atoms with van der Waals surface area (Å²) in [6.45, 7) is 4.56. The minimum Gasteiger partial charge on any atom is -0.444 e. The number of hydrogen-bond acceptors (Lipinski definition) is 5. The van der Waals surface area contributed by atoms with Crippen LogP contribution in [0, 0.1) is 0 Å². The molecule has 0 aliphatic rings. The van der Waals surface area contributed by atoms with E-state index in [2.05, 4.69) is 10.3 Å². The lowest BCUT2D eigenvalue weighted by Gasteiger charge is -2.15. The summed E-state index contributed by atoms with van der Waals surface area (Å²) in [5.74, 6) is 1.52. The molecule has 23 heavy (non-hydrogen) atoms. The van der Waals surface area contributed by atoms with Gasteiger partial charge in [0.05, 0.1) is 17.6 Å². The molecule has 2 aromatic rings. The molecule has 1 unspecified atom stereocenters. The number of sulfonamides is 1. The number of nitrogens with zero attached hydrogens (tertiary/aromatic N) is 2. The van der Waals surface area contributed by atoms with Crippen LogP contribution in [0.5, 0.6) is 0 Å². The van der Waals surface area contributed by atoms with Gasteiger partial charge in [0.15, 0.2) is 0 Å². The van der Waals surface area contributed by atoms with Crippen LogP contribution < -0.4 is 5.32 Å². The quantitative estimate of drug-likeness (QED) is 0.839. The summed E-state index contributed by atoms with van der Waals surface area (Å²) in [6.07, 6.45) is 2.56. The molecule has 0 saturated carbocycles. The Bertz CT molecular complexity index is 736. The van der Waals surface area contributed by atoms with Gasteiger partial charge in [-0.25, -0.2) is 17.7 Å². The van der Waals surface area contributed by atoms with Gasteiger partial charge in [-0.15, -0.1) is 0 Å². The van der Waals surface area contributed by atoms with Crippen molar-refractivity contribution < 1.29 is 12.8 Å². The summed E-state index contributed by atoms with van der Waals surface area (Å²) < 4.78 is 30.8. The average molecular weight is 337 g/mol. The molecule has 1 atom stereocenters. The van der Waals surface area contributed by atoms with Gasteiger partial charge in [0.2, 0.25) is 15.9 Å². The summed E-state index contributed by atoms with van der Waals surface area (Å²) >= 11 is 0. The molecule has 0 saturated heterocycles. The van der Waals surface area contributed by atoms with Crippen molar-refractivity contribution in [3.8, 4) is 0 Å². The molecule has 1 aromatic heterocycles. The van der Waals surface area contributed by atoms with E-state index in [-0.39, 0.29) is 6.04 Å². The molecular weight excluding hydrogens is 314 g/mol. The van der Waals surface area contributed by atoms with Crippen LogP contribution in [-0.2, 0) is 23.0 Å². The molecule has 1 N–H and O–H groups in total. The van der Waals surface area contributed by atoms with Crippen LogP contribution in [-0.4, -0.2) is 31.8 Å². The van der Waals surface area contributed by atoms with Gasteiger partial charge >= 0.3 is 0 Å². The number of rotatable bonds is 7. The molecular formula is C16H23N3O3S. The van der Waals surface area contributed by atoms with Gasteiger partial charge in [-0.05, 0) is 24.6 Å². The molecule has 0 spiro atoms. The van der Waals surface area contributed by atoms with E-state index in [4.69, 9.17) is 4.42 Å². The number of benzene rings is 1. The first kappa shape index (κ1) is 17.7. The zero-order chi connectivity index (χ0) is 17.0. The van der Waals surface area contributed by atoms with E-state index < -0.39 is 10.0 Å². The highest BCUT2D eigenvalue weighted by atomic mass is 32.2. The van der Waals surface area contributed by atoms with Crippen molar-refractivity contribution in [2.45, 2.75) is 37.8 Å². The maximum atomic E-state index is 12.0. The molecule has 0 amide bonds. The lowest BCUT2D eigenvalue weighted by Crippen LogP contribution is -2.22. The third-order valence-corrected chi connectivity index (χ3v) is 5.50. The highest BCUT2D eigenvalue weighted by molar-refractivity contribution is 7.89. The summed E-state index contributed by atoms with van der Waals surface area (Å²) in [4.78, 5) is 4.49. The monoisotopic (exact) mass is 337 g/mol. The SMILES string of the molecule is CCc1cnc(CNC(C)c2ccc(S(=O)(=O)N(C)C)cc2)o1. The second kappa shape index (κ2) is 7.25. The molecule has 6 nitrogen and oxygen atoms in total. The standard InChI is InChI=1S/C16H23N3O3S/c1-5-14-10-18-16(22-14)11-17-12(2)13-6-8-15(9-7-13)23(20,21)19(3)4/h6-10,12,17H,5,11H2,1-4H3. The maximum absolute atomic E-state index is 12.0. The summed E-state index contributed by atoms with van der Waals surface area (Å²) in [5, 5.41) is 3.32. The molecule has 0 aliphatic carbocycles. The van der Waals surface area contributed by atoms with Crippen molar-refractivity contribution in [3.63, 3.8) is 0 Å². The van der Waals surface area contributed by atoms with Crippen LogP contribution in [0.3, 0.4) is 0 Å². The second-order valence-electron chi connectivity index (χ2n) is 5.53. The highest BCUT2D eigenvalue weighted by Gasteiger charge is 2.17. The third-order valence-electron chi connectivity index (χ3n) is 3.67. The highest BCUT2D eigenvalue weighted by Crippen LogP contribution is 2.18. The van der Waals surface area contributed by atoms with E-state index in [1.807, 2.05) is 26.0 Å². The Kier molecular flexibility index (Phi) is 5.56. The molecule has 7 heteroatoms. The molecule has 126 valence electrons. The Labute approximate surface area is 137 Å². The Morgan fingerprint density at radius 3 is 2.43 bits per heavy atom. The normalized spacial score (nSPS) is 13.4. The van der Waals surface area contributed by atoms with Crippen molar-refractivity contribution in [2.75, 3.05) is 14.1 Å². The van der Waals surface area contributed by atoms with Gasteiger partial charge in [0.25, 0.3) is 0 Å². The first-order valence-corrected chi connectivity index (χ1v) is 8.98. The van der Waals surface area contributed by atoms with Crippen molar-refractivity contribution >= 4 is 10.0 Å². The Morgan fingerprint density at radius 2 is 1.91 bits per heavy atom. The maximum Gasteiger partial charge on any atom is 0.242 e. The first-order valence-electron chi connectivity index (χ1n) is 7.54. The van der Waals surface area contributed by atoms with Crippen molar-refractivity contribution in [1.82, 2.24) is 14.6 Å². The molecule has 0 bridgehead atoms. The summed E-state index contributed by atoms with van der Waals surface area (Å²) in [5.41, 5.74) is 1.00. The number of nitrogens with one attached hydrogen (secondary N) is 1. The van der Waals surface area contributed by atoms with Crippen LogP contribution in [0.15, 0.2) is 39.8 Å². The van der Waals surface area contributed by atoms with Crippen LogP contribution >= 0.6 is 0 Å². The van der Waals surface area contributed by atoms with Crippen molar-refractivity contribution in [3.05, 3.63) is 47.7 Å². The minimum absolute atomic E-state index is 0.0584. The van der Waals surface area contributed by atoms with Crippen molar-refractivity contribution in [1.29, 1.82) is 0 Å². The number of aromatic nitrogens is 1. The number of oxazole rings is 1. The fraction of sp³-hybridized carbons (Fsp3) is 0.438. The van der Waals surface area contributed by atoms with E-state index in [1.165, 1.54) is 18.4 Å². The second-order valence-corrected chi connectivity index (χ2v) is 7.68. The topological polar surface area (TPSA) is 75.4 Å². The predicted octanol–water partition coefficient (Wildman–Crippen LogP) is 2.34. The molecule has 1 heterocycles.